The largest absolute Gasteiger partial charge is 0.452 e. The van der Waals surface area contributed by atoms with Crippen LogP contribution < -0.4 is 0 Å². The van der Waals surface area contributed by atoms with Gasteiger partial charge >= 0.3 is 5.97 Å². The highest BCUT2D eigenvalue weighted by molar-refractivity contribution is 7.18. The summed E-state index contributed by atoms with van der Waals surface area (Å²) in [5.41, 5.74) is 3.29. The Morgan fingerprint density at radius 3 is 2.63 bits per heavy atom. The van der Waals surface area contributed by atoms with Gasteiger partial charge in [-0.05, 0) is 50.1 Å². The van der Waals surface area contributed by atoms with E-state index in [1.807, 2.05) is 57.2 Å². The molecule has 0 aliphatic heterocycles. The Bertz CT molecular complexity index is 963. The molecule has 6 heteroatoms. The van der Waals surface area contributed by atoms with Gasteiger partial charge in [0.05, 0.1) is 21.8 Å². The summed E-state index contributed by atoms with van der Waals surface area (Å²) in [6, 6.07) is 13.1. The summed E-state index contributed by atoms with van der Waals surface area (Å²) >= 11 is 1.56. The number of benzene rings is 2. The molecule has 2 aromatic carbocycles. The van der Waals surface area contributed by atoms with E-state index in [0.29, 0.717) is 5.56 Å². The van der Waals surface area contributed by atoms with E-state index >= 15 is 0 Å². The van der Waals surface area contributed by atoms with Gasteiger partial charge in [0.1, 0.15) is 5.01 Å². The SMILES string of the molecule is Cc1cccc(C(=O)OCC(=O)N(C)[C@@H](C)c2nc3ccccc3s2)c1C. The van der Waals surface area contributed by atoms with Gasteiger partial charge in [0.25, 0.3) is 5.91 Å². The minimum absolute atomic E-state index is 0.200. The number of nitrogens with zero attached hydrogens (tertiary/aromatic N) is 2. The Kier molecular flexibility index (Phi) is 5.56. The molecule has 0 saturated heterocycles. The van der Waals surface area contributed by atoms with Crippen LogP contribution in [0, 0.1) is 13.8 Å². The summed E-state index contributed by atoms with van der Waals surface area (Å²) < 4.78 is 6.33. The van der Waals surface area contributed by atoms with Crippen molar-refractivity contribution in [1.29, 1.82) is 0 Å². The summed E-state index contributed by atoms with van der Waals surface area (Å²) in [6.45, 7) is 5.43. The number of amides is 1. The number of hydrogen-bond acceptors (Lipinski definition) is 5. The van der Waals surface area contributed by atoms with Crippen molar-refractivity contribution >= 4 is 33.4 Å². The molecule has 1 aromatic heterocycles. The summed E-state index contributed by atoms with van der Waals surface area (Å²) in [5.74, 6) is -0.744. The number of likely N-dealkylation sites (N-methyl/N-ethyl adjacent to an activating group) is 1. The minimum Gasteiger partial charge on any atom is -0.452 e. The van der Waals surface area contributed by atoms with Crippen LogP contribution in [0.5, 0.6) is 0 Å². The number of carbonyl (C=O) groups is 2. The first kappa shape index (κ1) is 19.0. The molecule has 1 heterocycles. The molecule has 1 amide bonds. The van der Waals surface area contributed by atoms with Gasteiger partial charge in [-0.1, -0.05) is 24.3 Å². The number of para-hydroxylation sites is 1. The molecule has 0 radical (unpaired) electrons. The lowest BCUT2D eigenvalue weighted by atomic mass is 10.0. The number of fused-ring (bicyclic) bond motifs is 1. The fraction of sp³-hybridized carbons (Fsp3) is 0.286. The molecule has 140 valence electrons. The maximum Gasteiger partial charge on any atom is 0.338 e. The van der Waals surface area contributed by atoms with Crippen molar-refractivity contribution in [3.05, 3.63) is 64.2 Å². The van der Waals surface area contributed by atoms with Crippen molar-refractivity contribution in [1.82, 2.24) is 9.88 Å². The third-order valence-corrected chi connectivity index (χ3v) is 6.00. The third kappa shape index (κ3) is 4.01. The number of thiazole rings is 1. The van der Waals surface area contributed by atoms with Gasteiger partial charge in [-0.2, -0.15) is 0 Å². The highest BCUT2D eigenvalue weighted by Crippen LogP contribution is 2.28. The Balaban J connectivity index is 1.64. The Labute approximate surface area is 162 Å². The molecular formula is C21H22N2O3S. The fourth-order valence-corrected chi connectivity index (χ4v) is 3.79. The maximum absolute atomic E-state index is 12.5. The molecule has 0 saturated carbocycles. The summed E-state index contributed by atoms with van der Waals surface area (Å²) in [5, 5.41) is 0.855. The van der Waals surface area contributed by atoms with Crippen LogP contribution >= 0.6 is 11.3 Å². The van der Waals surface area contributed by atoms with Crippen molar-refractivity contribution in [2.45, 2.75) is 26.8 Å². The molecule has 0 bridgehead atoms. The van der Waals surface area contributed by atoms with E-state index < -0.39 is 5.97 Å². The maximum atomic E-state index is 12.5. The van der Waals surface area contributed by atoms with Gasteiger partial charge in [-0.15, -0.1) is 11.3 Å². The zero-order valence-corrected chi connectivity index (χ0v) is 16.7. The van der Waals surface area contributed by atoms with Gasteiger partial charge in [0, 0.05) is 7.05 Å². The van der Waals surface area contributed by atoms with Crippen LogP contribution in [-0.2, 0) is 9.53 Å². The van der Waals surface area contributed by atoms with Crippen molar-refractivity contribution in [3.8, 4) is 0 Å². The van der Waals surface area contributed by atoms with E-state index in [1.165, 1.54) is 0 Å². The fourth-order valence-electron chi connectivity index (χ4n) is 2.73. The molecule has 5 nitrogen and oxygen atoms in total. The predicted octanol–water partition coefficient (Wildman–Crippen LogP) is 4.29. The van der Waals surface area contributed by atoms with E-state index in [4.69, 9.17) is 4.74 Å². The molecule has 0 N–H and O–H groups in total. The highest BCUT2D eigenvalue weighted by atomic mass is 32.1. The molecule has 1 atom stereocenters. The van der Waals surface area contributed by atoms with Crippen LogP contribution in [0.1, 0.15) is 39.5 Å². The van der Waals surface area contributed by atoms with Gasteiger partial charge in [-0.25, -0.2) is 9.78 Å². The third-order valence-electron chi connectivity index (χ3n) is 4.79. The zero-order chi connectivity index (χ0) is 19.6. The Morgan fingerprint density at radius 2 is 1.89 bits per heavy atom. The van der Waals surface area contributed by atoms with Crippen molar-refractivity contribution in [2.24, 2.45) is 0 Å². The van der Waals surface area contributed by atoms with Crippen LogP contribution in [0.25, 0.3) is 10.2 Å². The molecule has 0 spiro atoms. The average molecular weight is 382 g/mol. The Morgan fingerprint density at radius 1 is 1.15 bits per heavy atom. The van der Waals surface area contributed by atoms with Crippen LogP contribution in [0.4, 0.5) is 0 Å². The minimum atomic E-state index is -0.481. The molecular weight excluding hydrogens is 360 g/mol. The lowest BCUT2D eigenvalue weighted by Crippen LogP contribution is -2.33. The quantitative estimate of drug-likeness (QED) is 0.618. The standard InChI is InChI=1S/C21H22N2O3S/c1-13-8-7-9-16(14(13)2)21(25)26-12-19(24)23(4)15(3)20-22-17-10-5-6-11-18(17)27-20/h5-11,15H,12H2,1-4H3/t15-/m0/s1. The van der Waals surface area contributed by atoms with Crippen LogP contribution in [-0.4, -0.2) is 35.4 Å². The van der Waals surface area contributed by atoms with Crippen molar-refractivity contribution in [2.75, 3.05) is 13.7 Å². The number of carbonyl (C=O) groups excluding carboxylic acids is 2. The van der Waals surface area contributed by atoms with Gasteiger partial charge in [-0.3, -0.25) is 4.79 Å². The number of esters is 1. The first-order valence-electron chi connectivity index (χ1n) is 8.73. The zero-order valence-electron chi connectivity index (χ0n) is 15.9. The lowest BCUT2D eigenvalue weighted by molar-refractivity contribution is -0.135. The number of hydrogen-bond donors (Lipinski definition) is 0. The van der Waals surface area contributed by atoms with E-state index in [9.17, 15) is 9.59 Å². The van der Waals surface area contributed by atoms with E-state index in [0.717, 1.165) is 26.4 Å². The van der Waals surface area contributed by atoms with Gasteiger partial charge < -0.3 is 9.64 Å². The highest BCUT2D eigenvalue weighted by Gasteiger charge is 2.22. The summed E-state index contributed by atoms with van der Waals surface area (Å²) in [7, 11) is 1.70. The molecule has 27 heavy (non-hydrogen) atoms. The average Bonchev–Trinajstić information content (AvgIpc) is 3.11. The second kappa shape index (κ2) is 7.88. The normalized spacial score (nSPS) is 12.0. The van der Waals surface area contributed by atoms with E-state index in [2.05, 4.69) is 4.98 Å². The molecule has 3 aromatic rings. The first-order chi connectivity index (χ1) is 12.9. The molecule has 0 fully saturated rings. The van der Waals surface area contributed by atoms with E-state index in [1.54, 1.807) is 29.4 Å². The smallest absolute Gasteiger partial charge is 0.338 e. The predicted molar refractivity (Wildman–Crippen MR) is 107 cm³/mol. The number of ether oxygens (including phenoxy) is 1. The molecule has 0 aliphatic rings. The number of aryl methyl sites for hydroxylation is 1. The second-order valence-electron chi connectivity index (χ2n) is 6.52. The summed E-state index contributed by atoms with van der Waals surface area (Å²) in [4.78, 5) is 30.9. The number of rotatable bonds is 5. The van der Waals surface area contributed by atoms with Crippen LogP contribution in [0.3, 0.4) is 0 Å². The van der Waals surface area contributed by atoms with Crippen LogP contribution in [0.2, 0.25) is 0 Å². The topological polar surface area (TPSA) is 59.5 Å². The van der Waals surface area contributed by atoms with Crippen LogP contribution in [0.15, 0.2) is 42.5 Å². The Hall–Kier alpha value is -2.73. The van der Waals surface area contributed by atoms with Gasteiger partial charge in [0.2, 0.25) is 0 Å². The molecule has 0 unspecified atom stereocenters. The monoisotopic (exact) mass is 382 g/mol. The van der Waals surface area contributed by atoms with Crippen molar-refractivity contribution in [3.63, 3.8) is 0 Å². The second-order valence-corrected chi connectivity index (χ2v) is 7.59. The van der Waals surface area contributed by atoms with Crippen molar-refractivity contribution < 1.29 is 14.3 Å². The molecule has 3 rings (SSSR count). The summed E-state index contributed by atoms with van der Waals surface area (Å²) in [6.07, 6.45) is 0. The lowest BCUT2D eigenvalue weighted by Gasteiger charge is -2.23. The van der Waals surface area contributed by atoms with Gasteiger partial charge in [0.15, 0.2) is 6.61 Å². The molecule has 0 aliphatic carbocycles. The van der Waals surface area contributed by atoms with E-state index in [-0.39, 0.29) is 18.6 Å². The first-order valence-corrected chi connectivity index (χ1v) is 9.54. The number of aromatic nitrogens is 1.